The molecule has 1 aromatic heterocycles. The molecule has 0 aliphatic carbocycles. The lowest BCUT2D eigenvalue weighted by molar-refractivity contribution is 0.684. The van der Waals surface area contributed by atoms with E-state index in [-0.39, 0.29) is 0 Å². The van der Waals surface area contributed by atoms with Crippen LogP contribution in [0.2, 0.25) is 0 Å². The molecule has 1 N–H and O–H groups in total. The highest BCUT2D eigenvalue weighted by Gasteiger charge is 1.90. The van der Waals surface area contributed by atoms with Gasteiger partial charge in [0.2, 0.25) is 0 Å². The smallest absolute Gasteiger partial charge is 0.0271 e. The highest BCUT2D eigenvalue weighted by molar-refractivity contribution is 5.09. The predicted octanol–water partition coefficient (Wildman–Crippen LogP) is 2.14. The van der Waals surface area contributed by atoms with Gasteiger partial charge in [-0.3, -0.25) is 4.98 Å². The summed E-state index contributed by atoms with van der Waals surface area (Å²) in [5, 5.41) is 3.34. The summed E-state index contributed by atoms with van der Waals surface area (Å²) >= 11 is 0. The van der Waals surface area contributed by atoms with Crippen LogP contribution in [0.15, 0.2) is 36.7 Å². The van der Waals surface area contributed by atoms with E-state index in [1.165, 1.54) is 11.1 Å². The maximum atomic E-state index is 3.96. The Kier molecular flexibility index (Phi) is 4.19. The van der Waals surface area contributed by atoms with Crippen molar-refractivity contribution in [2.75, 3.05) is 6.54 Å². The third-order valence-corrected chi connectivity index (χ3v) is 1.81. The number of rotatable bonds is 5. The molecule has 0 radical (unpaired) electrons. The second-order valence-corrected chi connectivity index (χ2v) is 3.24. The summed E-state index contributed by atoms with van der Waals surface area (Å²) in [6.45, 7) is 7.81. The van der Waals surface area contributed by atoms with Gasteiger partial charge in [0.1, 0.15) is 0 Å². The van der Waals surface area contributed by atoms with Crippen LogP contribution in [0.5, 0.6) is 0 Å². The van der Waals surface area contributed by atoms with Crippen LogP contribution in [-0.2, 0) is 6.54 Å². The Morgan fingerprint density at radius 2 is 2.15 bits per heavy atom. The highest BCUT2D eigenvalue weighted by atomic mass is 14.8. The van der Waals surface area contributed by atoms with Gasteiger partial charge in [0.25, 0.3) is 0 Å². The molecule has 0 aliphatic rings. The third-order valence-electron chi connectivity index (χ3n) is 1.81. The zero-order valence-electron chi connectivity index (χ0n) is 8.09. The van der Waals surface area contributed by atoms with Crippen molar-refractivity contribution < 1.29 is 0 Å². The first kappa shape index (κ1) is 9.93. The van der Waals surface area contributed by atoms with Crippen LogP contribution >= 0.6 is 0 Å². The first-order valence-corrected chi connectivity index (χ1v) is 4.53. The van der Waals surface area contributed by atoms with Crippen LogP contribution < -0.4 is 5.32 Å². The van der Waals surface area contributed by atoms with Crippen LogP contribution in [0.4, 0.5) is 0 Å². The molecule has 1 aromatic rings. The molecule has 2 nitrogen and oxygen atoms in total. The van der Waals surface area contributed by atoms with E-state index in [0.29, 0.717) is 0 Å². The summed E-state index contributed by atoms with van der Waals surface area (Å²) in [6.07, 6.45) is 4.68. The van der Waals surface area contributed by atoms with E-state index in [9.17, 15) is 0 Å². The fraction of sp³-hybridized carbons (Fsp3) is 0.364. The van der Waals surface area contributed by atoms with E-state index in [1.54, 1.807) is 0 Å². The maximum Gasteiger partial charge on any atom is 0.0271 e. The molecular formula is C11H16N2. The second-order valence-electron chi connectivity index (χ2n) is 3.24. The summed E-state index contributed by atoms with van der Waals surface area (Å²) in [5.74, 6) is 0. The minimum atomic E-state index is 0.912. The predicted molar refractivity (Wildman–Crippen MR) is 55.4 cm³/mol. The molecule has 0 atom stereocenters. The molecule has 0 saturated carbocycles. The van der Waals surface area contributed by atoms with Gasteiger partial charge in [-0.15, -0.1) is 6.58 Å². The molecule has 0 aromatic carbocycles. The minimum Gasteiger partial charge on any atom is -0.312 e. The standard InChI is InChI=1S/C11H16N2/c1-10(2)3-6-13-9-11-4-7-12-8-5-11/h4-5,7-8,13H,1,3,6,9H2,2H3. The normalized spacial score (nSPS) is 9.92. The molecule has 0 fully saturated rings. The zero-order valence-corrected chi connectivity index (χ0v) is 8.09. The monoisotopic (exact) mass is 176 g/mol. The van der Waals surface area contributed by atoms with Crippen molar-refractivity contribution in [3.63, 3.8) is 0 Å². The Labute approximate surface area is 79.7 Å². The number of hydrogen-bond donors (Lipinski definition) is 1. The van der Waals surface area contributed by atoms with Crippen LogP contribution in [0.25, 0.3) is 0 Å². The quantitative estimate of drug-likeness (QED) is 0.549. The average Bonchev–Trinajstić information content (AvgIpc) is 2.14. The van der Waals surface area contributed by atoms with Gasteiger partial charge in [0, 0.05) is 18.9 Å². The second kappa shape index (κ2) is 5.49. The molecular weight excluding hydrogens is 160 g/mol. The molecule has 0 amide bonds. The van der Waals surface area contributed by atoms with E-state index in [4.69, 9.17) is 0 Å². The number of nitrogens with zero attached hydrogens (tertiary/aromatic N) is 1. The third kappa shape index (κ3) is 4.43. The summed E-state index contributed by atoms with van der Waals surface area (Å²) in [6, 6.07) is 4.04. The molecule has 0 aliphatic heterocycles. The maximum absolute atomic E-state index is 3.96. The zero-order chi connectivity index (χ0) is 9.52. The molecule has 70 valence electrons. The van der Waals surface area contributed by atoms with E-state index >= 15 is 0 Å². The van der Waals surface area contributed by atoms with Gasteiger partial charge >= 0.3 is 0 Å². The lowest BCUT2D eigenvalue weighted by Crippen LogP contribution is -2.14. The SMILES string of the molecule is C=C(C)CCNCc1ccncc1. The molecule has 13 heavy (non-hydrogen) atoms. The van der Waals surface area contributed by atoms with Gasteiger partial charge in [-0.1, -0.05) is 5.57 Å². The van der Waals surface area contributed by atoms with Gasteiger partial charge in [0.05, 0.1) is 0 Å². The number of hydrogen-bond acceptors (Lipinski definition) is 2. The fourth-order valence-corrected chi connectivity index (χ4v) is 1.04. The van der Waals surface area contributed by atoms with Crippen molar-refractivity contribution >= 4 is 0 Å². The van der Waals surface area contributed by atoms with Crippen molar-refractivity contribution in [3.05, 3.63) is 42.2 Å². The number of aromatic nitrogens is 1. The van der Waals surface area contributed by atoms with Crippen LogP contribution in [0.3, 0.4) is 0 Å². The van der Waals surface area contributed by atoms with Gasteiger partial charge in [0.15, 0.2) is 0 Å². The number of pyridine rings is 1. The first-order valence-electron chi connectivity index (χ1n) is 4.53. The molecule has 0 spiro atoms. The molecule has 0 unspecified atom stereocenters. The fourth-order valence-electron chi connectivity index (χ4n) is 1.04. The van der Waals surface area contributed by atoms with E-state index in [0.717, 1.165) is 19.5 Å². The first-order chi connectivity index (χ1) is 6.29. The Hall–Kier alpha value is -1.15. The van der Waals surface area contributed by atoms with Crippen molar-refractivity contribution in [2.24, 2.45) is 0 Å². The lowest BCUT2D eigenvalue weighted by atomic mass is 10.2. The minimum absolute atomic E-state index is 0.912. The molecule has 0 saturated heterocycles. The molecule has 0 bridgehead atoms. The molecule has 1 rings (SSSR count). The lowest BCUT2D eigenvalue weighted by Gasteiger charge is -2.03. The molecule has 2 heteroatoms. The summed E-state index contributed by atoms with van der Waals surface area (Å²) in [5.41, 5.74) is 2.50. The van der Waals surface area contributed by atoms with E-state index in [2.05, 4.69) is 16.9 Å². The van der Waals surface area contributed by atoms with Gasteiger partial charge < -0.3 is 5.32 Å². The largest absolute Gasteiger partial charge is 0.312 e. The van der Waals surface area contributed by atoms with Crippen molar-refractivity contribution in [3.8, 4) is 0 Å². The molecule has 1 heterocycles. The highest BCUT2D eigenvalue weighted by Crippen LogP contribution is 1.96. The van der Waals surface area contributed by atoms with Crippen LogP contribution in [0.1, 0.15) is 18.9 Å². The van der Waals surface area contributed by atoms with Crippen LogP contribution in [-0.4, -0.2) is 11.5 Å². The van der Waals surface area contributed by atoms with Crippen molar-refractivity contribution in [1.82, 2.24) is 10.3 Å². The Morgan fingerprint density at radius 1 is 1.46 bits per heavy atom. The van der Waals surface area contributed by atoms with E-state index < -0.39 is 0 Å². The summed E-state index contributed by atoms with van der Waals surface area (Å²) < 4.78 is 0. The van der Waals surface area contributed by atoms with Crippen molar-refractivity contribution in [1.29, 1.82) is 0 Å². The van der Waals surface area contributed by atoms with Gasteiger partial charge in [-0.05, 0) is 37.6 Å². The van der Waals surface area contributed by atoms with Crippen molar-refractivity contribution in [2.45, 2.75) is 19.9 Å². The summed E-state index contributed by atoms with van der Waals surface area (Å²) in [7, 11) is 0. The Bertz CT molecular complexity index is 254. The summed E-state index contributed by atoms with van der Waals surface area (Å²) in [4.78, 5) is 3.96. The van der Waals surface area contributed by atoms with E-state index in [1.807, 2.05) is 31.5 Å². The van der Waals surface area contributed by atoms with Gasteiger partial charge in [-0.25, -0.2) is 0 Å². The topological polar surface area (TPSA) is 24.9 Å². The average molecular weight is 176 g/mol. The van der Waals surface area contributed by atoms with Gasteiger partial charge in [-0.2, -0.15) is 0 Å². The Morgan fingerprint density at radius 3 is 2.77 bits per heavy atom. The van der Waals surface area contributed by atoms with Crippen LogP contribution in [0, 0.1) is 0 Å². The Balaban J connectivity index is 2.17. The number of nitrogens with one attached hydrogen (secondary N) is 1.